The predicted octanol–water partition coefficient (Wildman–Crippen LogP) is 2.41. The first-order chi connectivity index (χ1) is 9.40. The third kappa shape index (κ3) is 5.26. The molecular weight excluding hydrogens is 262 g/mol. The molecule has 0 saturated carbocycles. The number of anilines is 1. The van der Waals surface area contributed by atoms with Gasteiger partial charge in [0.15, 0.2) is 11.5 Å². The van der Waals surface area contributed by atoms with E-state index in [1.807, 2.05) is 6.92 Å². The minimum absolute atomic E-state index is 0.181. The summed E-state index contributed by atoms with van der Waals surface area (Å²) in [5, 5.41) is 8.18. The van der Waals surface area contributed by atoms with Gasteiger partial charge in [-0.15, -0.1) is 0 Å². The molecule has 1 aromatic rings. The van der Waals surface area contributed by atoms with E-state index in [1.54, 1.807) is 40.4 Å². The van der Waals surface area contributed by atoms with Crippen LogP contribution in [-0.2, 0) is 4.79 Å². The SMILES string of the molecule is CCC(C)C(=O)O.COc1cc(N)cc(OC)c1OC. The summed E-state index contributed by atoms with van der Waals surface area (Å²) in [6, 6.07) is 3.36. The Kier molecular flexibility index (Phi) is 7.96. The highest BCUT2D eigenvalue weighted by molar-refractivity contribution is 5.69. The molecule has 6 nitrogen and oxygen atoms in total. The number of nitrogens with two attached hydrogens (primary N) is 1. The molecule has 0 aromatic heterocycles. The van der Waals surface area contributed by atoms with Crippen LogP contribution >= 0.6 is 0 Å². The molecule has 1 unspecified atom stereocenters. The molecule has 0 bridgehead atoms. The minimum atomic E-state index is -0.706. The van der Waals surface area contributed by atoms with Crippen molar-refractivity contribution in [1.29, 1.82) is 0 Å². The molecule has 0 saturated heterocycles. The summed E-state index contributed by atoms with van der Waals surface area (Å²) in [5.41, 5.74) is 6.20. The second-order valence-electron chi connectivity index (χ2n) is 4.11. The van der Waals surface area contributed by atoms with Gasteiger partial charge in [0.25, 0.3) is 0 Å². The van der Waals surface area contributed by atoms with E-state index >= 15 is 0 Å². The van der Waals surface area contributed by atoms with Crippen molar-refractivity contribution in [3.05, 3.63) is 12.1 Å². The Labute approximate surface area is 119 Å². The van der Waals surface area contributed by atoms with Crippen LogP contribution in [0.3, 0.4) is 0 Å². The van der Waals surface area contributed by atoms with Gasteiger partial charge in [0.2, 0.25) is 5.75 Å². The predicted molar refractivity (Wildman–Crippen MR) is 77.6 cm³/mol. The second-order valence-corrected chi connectivity index (χ2v) is 4.11. The molecule has 1 rings (SSSR count). The van der Waals surface area contributed by atoms with Gasteiger partial charge < -0.3 is 25.1 Å². The van der Waals surface area contributed by atoms with Crippen molar-refractivity contribution in [3.8, 4) is 17.2 Å². The number of carboxylic acid groups (broad SMARTS) is 1. The Morgan fingerprint density at radius 1 is 1.20 bits per heavy atom. The summed E-state index contributed by atoms with van der Waals surface area (Å²) in [4.78, 5) is 9.93. The van der Waals surface area contributed by atoms with Crippen LogP contribution in [0.5, 0.6) is 17.2 Å². The lowest BCUT2D eigenvalue weighted by Gasteiger charge is -2.12. The van der Waals surface area contributed by atoms with E-state index in [2.05, 4.69) is 0 Å². The van der Waals surface area contributed by atoms with Crippen LogP contribution in [0.25, 0.3) is 0 Å². The van der Waals surface area contributed by atoms with E-state index in [-0.39, 0.29) is 5.92 Å². The normalized spacial score (nSPS) is 10.8. The molecule has 20 heavy (non-hydrogen) atoms. The quantitative estimate of drug-likeness (QED) is 0.807. The highest BCUT2D eigenvalue weighted by Crippen LogP contribution is 2.38. The molecule has 0 aliphatic carbocycles. The summed E-state index contributed by atoms with van der Waals surface area (Å²) in [5.74, 6) is 0.806. The van der Waals surface area contributed by atoms with Crippen LogP contribution in [0, 0.1) is 5.92 Å². The number of nitrogen functional groups attached to an aromatic ring is 1. The van der Waals surface area contributed by atoms with E-state index in [9.17, 15) is 4.79 Å². The summed E-state index contributed by atoms with van der Waals surface area (Å²) in [6.45, 7) is 3.56. The Bertz CT molecular complexity index is 409. The Balaban J connectivity index is 0.000000441. The van der Waals surface area contributed by atoms with Gasteiger partial charge in [0.05, 0.1) is 27.2 Å². The van der Waals surface area contributed by atoms with Crippen LogP contribution in [0.4, 0.5) is 5.69 Å². The van der Waals surface area contributed by atoms with Gasteiger partial charge in [-0.25, -0.2) is 0 Å². The van der Waals surface area contributed by atoms with E-state index in [0.717, 1.165) is 6.42 Å². The zero-order valence-corrected chi connectivity index (χ0v) is 12.6. The number of carbonyl (C=O) groups is 1. The maximum absolute atomic E-state index is 9.93. The first-order valence-corrected chi connectivity index (χ1v) is 6.19. The van der Waals surface area contributed by atoms with E-state index in [1.165, 1.54) is 0 Å². The lowest BCUT2D eigenvalue weighted by Crippen LogP contribution is -2.06. The fraction of sp³-hybridized carbons (Fsp3) is 0.500. The van der Waals surface area contributed by atoms with Gasteiger partial charge in [-0.05, 0) is 6.42 Å². The van der Waals surface area contributed by atoms with Crippen molar-refractivity contribution in [2.45, 2.75) is 20.3 Å². The van der Waals surface area contributed by atoms with E-state index < -0.39 is 5.97 Å². The zero-order chi connectivity index (χ0) is 15.7. The molecule has 114 valence electrons. The number of carboxylic acids is 1. The number of rotatable bonds is 5. The third-order valence-electron chi connectivity index (χ3n) is 2.72. The summed E-state index contributed by atoms with van der Waals surface area (Å²) >= 11 is 0. The monoisotopic (exact) mass is 285 g/mol. The van der Waals surface area contributed by atoms with E-state index in [4.69, 9.17) is 25.1 Å². The molecule has 6 heteroatoms. The van der Waals surface area contributed by atoms with Crippen molar-refractivity contribution in [2.24, 2.45) is 5.92 Å². The molecule has 0 heterocycles. The van der Waals surface area contributed by atoms with Crippen LogP contribution in [0.2, 0.25) is 0 Å². The average Bonchev–Trinajstić information content (AvgIpc) is 2.45. The number of benzene rings is 1. The largest absolute Gasteiger partial charge is 0.493 e. The Morgan fingerprint density at radius 3 is 1.85 bits per heavy atom. The third-order valence-corrected chi connectivity index (χ3v) is 2.72. The van der Waals surface area contributed by atoms with Gasteiger partial charge >= 0.3 is 5.97 Å². The van der Waals surface area contributed by atoms with Crippen molar-refractivity contribution in [2.75, 3.05) is 27.1 Å². The molecule has 0 radical (unpaired) electrons. The van der Waals surface area contributed by atoms with Gasteiger partial charge in [0, 0.05) is 17.8 Å². The van der Waals surface area contributed by atoms with Crippen LogP contribution in [0.15, 0.2) is 12.1 Å². The molecule has 0 aliphatic heterocycles. The molecule has 3 N–H and O–H groups in total. The van der Waals surface area contributed by atoms with Crippen molar-refractivity contribution >= 4 is 11.7 Å². The highest BCUT2D eigenvalue weighted by Gasteiger charge is 2.11. The van der Waals surface area contributed by atoms with Crippen LogP contribution < -0.4 is 19.9 Å². The van der Waals surface area contributed by atoms with Crippen molar-refractivity contribution < 1.29 is 24.1 Å². The van der Waals surface area contributed by atoms with Gasteiger partial charge in [0.1, 0.15) is 0 Å². The first-order valence-electron chi connectivity index (χ1n) is 6.19. The number of methoxy groups -OCH3 is 3. The van der Waals surface area contributed by atoms with E-state index in [0.29, 0.717) is 22.9 Å². The Morgan fingerprint density at radius 2 is 1.65 bits per heavy atom. The van der Waals surface area contributed by atoms with Crippen molar-refractivity contribution in [1.82, 2.24) is 0 Å². The fourth-order valence-electron chi connectivity index (χ4n) is 1.28. The standard InChI is InChI=1S/C9H13NO3.C5H10O2/c1-11-7-4-6(10)5-8(12-2)9(7)13-3;1-3-4(2)5(6)7/h4-5H,10H2,1-3H3;4H,3H2,1-2H3,(H,6,7). The molecule has 0 spiro atoms. The van der Waals surface area contributed by atoms with Crippen molar-refractivity contribution in [3.63, 3.8) is 0 Å². The maximum atomic E-state index is 9.93. The first kappa shape index (κ1) is 17.9. The lowest BCUT2D eigenvalue weighted by atomic mass is 10.1. The summed E-state index contributed by atoms with van der Waals surface area (Å²) < 4.78 is 15.3. The number of hydrogen-bond donors (Lipinski definition) is 2. The Hall–Kier alpha value is -2.11. The zero-order valence-electron chi connectivity index (χ0n) is 12.6. The molecule has 1 aromatic carbocycles. The van der Waals surface area contributed by atoms with Crippen LogP contribution in [0.1, 0.15) is 20.3 Å². The minimum Gasteiger partial charge on any atom is -0.493 e. The molecule has 1 atom stereocenters. The average molecular weight is 285 g/mol. The maximum Gasteiger partial charge on any atom is 0.306 e. The van der Waals surface area contributed by atoms with Gasteiger partial charge in [-0.1, -0.05) is 13.8 Å². The molecule has 0 aliphatic rings. The summed E-state index contributed by atoms with van der Waals surface area (Å²) in [7, 11) is 4.66. The topological polar surface area (TPSA) is 91.0 Å². The van der Waals surface area contributed by atoms with Crippen LogP contribution in [-0.4, -0.2) is 32.4 Å². The van der Waals surface area contributed by atoms with Gasteiger partial charge in [-0.3, -0.25) is 4.79 Å². The summed E-state index contributed by atoms with van der Waals surface area (Å²) in [6.07, 6.45) is 0.718. The smallest absolute Gasteiger partial charge is 0.306 e. The molecular formula is C14H23NO5. The molecule has 0 amide bonds. The fourth-order valence-corrected chi connectivity index (χ4v) is 1.28. The second kappa shape index (κ2) is 8.90. The van der Waals surface area contributed by atoms with Gasteiger partial charge in [-0.2, -0.15) is 0 Å². The number of ether oxygens (including phenoxy) is 3. The number of aliphatic carboxylic acids is 1. The molecule has 0 fully saturated rings. The number of hydrogen-bond acceptors (Lipinski definition) is 5. The highest BCUT2D eigenvalue weighted by atomic mass is 16.5. The lowest BCUT2D eigenvalue weighted by molar-refractivity contribution is -0.141.